The highest BCUT2D eigenvalue weighted by Crippen LogP contribution is 2.25. The van der Waals surface area contributed by atoms with E-state index in [1.807, 2.05) is 32.9 Å². The van der Waals surface area contributed by atoms with Gasteiger partial charge in [0.2, 0.25) is 11.7 Å². The molecular formula is C18H20ClN5O2. The summed E-state index contributed by atoms with van der Waals surface area (Å²) in [6, 6.07) is 7.20. The van der Waals surface area contributed by atoms with Gasteiger partial charge in [-0.3, -0.25) is 9.48 Å². The van der Waals surface area contributed by atoms with Crippen molar-refractivity contribution in [2.24, 2.45) is 7.05 Å². The number of carbonyl (C=O) groups excluding carboxylic acids is 1. The van der Waals surface area contributed by atoms with Crippen molar-refractivity contribution in [3.05, 3.63) is 46.6 Å². The van der Waals surface area contributed by atoms with E-state index < -0.39 is 0 Å². The molecule has 1 N–H and O–H groups in total. The van der Waals surface area contributed by atoms with Crippen molar-refractivity contribution in [2.45, 2.75) is 33.1 Å². The third-order valence-corrected chi connectivity index (χ3v) is 4.28. The van der Waals surface area contributed by atoms with Crippen molar-refractivity contribution >= 4 is 23.2 Å². The number of aromatic nitrogens is 4. The zero-order valence-electron chi connectivity index (χ0n) is 15.3. The number of amides is 1. The molecular weight excluding hydrogens is 354 g/mol. The molecule has 7 nitrogen and oxygen atoms in total. The first-order valence-electron chi connectivity index (χ1n) is 8.12. The van der Waals surface area contributed by atoms with Gasteiger partial charge in [-0.25, -0.2) is 0 Å². The van der Waals surface area contributed by atoms with Gasteiger partial charge in [-0.05, 0) is 31.2 Å². The van der Waals surface area contributed by atoms with Gasteiger partial charge in [0, 0.05) is 23.7 Å². The second kappa shape index (κ2) is 6.57. The Morgan fingerprint density at radius 2 is 1.88 bits per heavy atom. The van der Waals surface area contributed by atoms with Gasteiger partial charge in [0.25, 0.3) is 5.91 Å². The summed E-state index contributed by atoms with van der Waals surface area (Å²) in [5.41, 5.74) is 2.18. The van der Waals surface area contributed by atoms with Crippen molar-refractivity contribution in [3.8, 4) is 11.4 Å². The van der Waals surface area contributed by atoms with Crippen molar-refractivity contribution in [1.82, 2.24) is 19.9 Å². The van der Waals surface area contributed by atoms with Crippen LogP contribution in [0.1, 0.15) is 42.7 Å². The monoisotopic (exact) mass is 373 g/mol. The normalized spacial score (nSPS) is 11.6. The van der Waals surface area contributed by atoms with E-state index in [9.17, 15) is 4.79 Å². The van der Waals surface area contributed by atoms with Gasteiger partial charge in [-0.2, -0.15) is 10.1 Å². The second-order valence-electron chi connectivity index (χ2n) is 7.08. The van der Waals surface area contributed by atoms with Crippen molar-refractivity contribution < 1.29 is 9.32 Å². The fourth-order valence-electron chi connectivity index (χ4n) is 2.43. The lowest BCUT2D eigenvalue weighted by Crippen LogP contribution is -2.13. The van der Waals surface area contributed by atoms with Crippen LogP contribution in [-0.2, 0) is 12.5 Å². The molecule has 3 aromatic rings. The van der Waals surface area contributed by atoms with E-state index in [0.717, 1.165) is 5.56 Å². The molecule has 0 spiro atoms. The molecule has 0 aliphatic rings. The van der Waals surface area contributed by atoms with Crippen LogP contribution in [0, 0.1) is 6.92 Å². The molecule has 2 aromatic heterocycles. The zero-order valence-corrected chi connectivity index (χ0v) is 16.0. The fraction of sp³-hybridized carbons (Fsp3) is 0.333. The summed E-state index contributed by atoms with van der Waals surface area (Å²) in [6.07, 6.45) is 0. The van der Waals surface area contributed by atoms with E-state index in [2.05, 4.69) is 20.6 Å². The van der Waals surface area contributed by atoms with Crippen LogP contribution in [0.5, 0.6) is 0 Å². The smallest absolute Gasteiger partial charge is 0.260 e. The Bertz CT molecular complexity index is 951. The standard InChI is InChI=1S/C18H20ClN5O2/c1-10-13(14(19)24(5)22-10)16(25)20-12-8-6-11(7-9-12)15-21-17(26-23-15)18(2,3)4/h6-9H,1-5H3,(H,20,25). The minimum Gasteiger partial charge on any atom is -0.338 e. The molecule has 0 saturated carbocycles. The van der Waals surface area contributed by atoms with Gasteiger partial charge >= 0.3 is 0 Å². The first kappa shape index (κ1) is 18.1. The molecule has 26 heavy (non-hydrogen) atoms. The van der Waals surface area contributed by atoms with Crippen LogP contribution in [0.15, 0.2) is 28.8 Å². The number of aryl methyl sites for hydroxylation is 2. The quantitative estimate of drug-likeness (QED) is 0.750. The van der Waals surface area contributed by atoms with Crippen LogP contribution >= 0.6 is 11.6 Å². The molecule has 0 saturated heterocycles. The minimum atomic E-state index is -0.303. The topological polar surface area (TPSA) is 85.8 Å². The van der Waals surface area contributed by atoms with Gasteiger partial charge in [0.05, 0.1) is 11.3 Å². The average molecular weight is 374 g/mol. The Kier molecular flexibility index (Phi) is 4.58. The third-order valence-electron chi connectivity index (χ3n) is 3.85. The van der Waals surface area contributed by atoms with Crippen LogP contribution in [-0.4, -0.2) is 25.8 Å². The van der Waals surface area contributed by atoms with E-state index in [1.165, 1.54) is 4.68 Å². The summed E-state index contributed by atoms with van der Waals surface area (Å²) < 4.78 is 6.78. The molecule has 0 aliphatic carbocycles. The minimum absolute atomic E-state index is 0.208. The van der Waals surface area contributed by atoms with Crippen molar-refractivity contribution in [2.75, 3.05) is 5.32 Å². The van der Waals surface area contributed by atoms with Crippen LogP contribution in [0.2, 0.25) is 5.15 Å². The number of benzene rings is 1. The van der Waals surface area contributed by atoms with E-state index in [4.69, 9.17) is 16.1 Å². The maximum atomic E-state index is 12.4. The summed E-state index contributed by atoms with van der Waals surface area (Å²) in [4.78, 5) is 16.9. The number of halogens is 1. The Morgan fingerprint density at radius 3 is 2.38 bits per heavy atom. The average Bonchev–Trinajstić information content (AvgIpc) is 3.14. The van der Waals surface area contributed by atoms with E-state index >= 15 is 0 Å². The molecule has 0 atom stereocenters. The highest BCUT2D eigenvalue weighted by Gasteiger charge is 2.22. The van der Waals surface area contributed by atoms with Crippen molar-refractivity contribution in [1.29, 1.82) is 0 Å². The highest BCUT2D eigenvalue weighted by molar-refractivity contribution is 6.33. The third kappa shape index (κ3) is 3.48. The number of nitrogens with zero attached hydrogens (tertiary/aromatic N) is 4. The molecule has 0 bridgehead atoms. The number of carbonyl (C=O) groups is 1. The van der Waals surface area contributed by atoms with Gasteiger partial charge in [0.15, 0.2) is 0 Å². The van der Waals surface area contributed by atoms with Crippen LogP contribution < -0.4 is 5.32 Å². The lowest BCUT2D eigenvalue weighted by molar-refractivity contribution is 0.102. The number of nitrogens with one attached hydrogen (secondary N) is 1. The summed E-state index contributed by atoms with van der Waals surface area (Å²) in [6.45, 7) is 7.77. The largest absolute Gasteiger partial charge is 0.338 e. The molecule has 3 rings (SSSR count). The van der Waals surface area contributed by atoms with Gasteiger partial charge in [-0.15, -0.1) is 0 Å². The molecule has 0 fully saturated rings. The first-order chi connectivity index (χ1) is 12.2. The van der Waals surface area contributed by atoms with Crippen LogP contribution in [0.4, 0.5) is 5.69 Å². The number of hydrogen-bond donors (Lipinski definition) is 1. The maximum absolute atomic E-state index is 12.4. The lowest BCUT2D eigenvalue weighted by atomic mass is 9.97. The summed E-state index contributed by atoms with van der Waals surface area (Å²) in [7, 11) is 1.69. The summed E-state index contributed by atoms with van der Waals surface area (Å²) in [5, 5.41) is 11.3. The highest BCUT2D eigenvalue weighted by atomic mass is 35.5. The molecule has 0 aliphatic heterocycles. The molecule has 136 valence electrons. The molecule has 0 unspecified atom stereocenters. The predicted molar refractivity (Wildman–Crippen MR) is 99.3 cm³/mol. The molecule has 1 amide bonds. The SMILES string of the molecule is Cc1nn(C)c(Cl)c1C(=O)Nc1ccc(-c2noc(C(C)(C)C)n2)cc1. The van der Waals surface area contributed by atoms with E-state index in [-0.39, 0.29) is 11.3 Å². The maximum Gasteiger partial charge on any atom is 0.260 e. The fourth-order valence-corrected chi connectivity index (χ4v) is 2.69. The Morgan fingerprint density at radius 1 is 1.23 bits per heavy atom. The van der Waals surface area contributed by atoms with Gasteiger partial charge in [-0.1, -0.05) is 37.5 Å². The number of hydrogen-bond acceptors (Lipinski definition) is 5. The van der Waals surface area contributed by atoms with E-state index in [1.54, 1.807) is 26.1 Å². The Labute approximate surface area is 156 Å². The summed E-state index contributed by atoms with van der Waals surface area (Å²) in [5.74, 6) is 0.786. The molecule has 0 radical (unpaired) electrons. The van der Waals surface area contributed by atoms with E-state index in [0.29, 0.717) is 33.8 Å². The molecule has 8 heteroatoms. The molecule has 2 heterocycles. The Hall–Kier alpha value is -2.67. The van der Waals surface area contributed by atoms with Crippen LogP contribution in [0.3, 0.4) is 0 Å². The Balaban J connectivity index is 1.78. The van der Waals surface area contributed by atoms with Crippen LogP contribution in [0.25, 0.3) is 11.4 Å². The second-order valence-corrected chi connectivity index (χ2v) is 7.44. The molecule has 1 aromatic carbocycles. The number of rotatable bonds is 3. The first-order valence-corrected chi connectivity index (χ1v) is 8.49. The zero-order chi connectivity index (χ0) is 19.1. The van der Waals surface area contributed by atoms with Gasteiger partial charge in [0.1, 0.15) is 5.15 Å². The summed E-state index contributed by atoms with van der Waals surface area (Å²) >= 11 is 6.13. The van der Waals surface area contributed by atoms with Gasteiger partial charge < -0.3 is 9.84 Å². The predicted octanol–water partition coefficient (Wildman–Crippen LogP) is 3.98. The lowest BCUT2D eigenvalue weighted by Gasteiger charge is -2.10. The van der Waals surface area contributed by atoms with Crippen molar-refractivity contribution in [3.63, 3.8) is 0 Å². The number of anilines is 1.